The summed E-state index contributed by atoms with van der Waals surface area (Å²) in [7, 11) is 0. The Morgan fingerprint density at radius 2 is 2.28 bits per heavy atom. The highest BCUT2D eigenvalue weighted by molar-refractivity contribution is 5.74. The molecule has 0 aliphatic heterocycles. The predicted octanol–water partition coefficient (Wildman–Crippen LogP) is 1.34. The van der Waals surface area contributed by atoms with Crippen molar-refractivity contribution in [2.24, 2.45) is 5.92 Å². The molecule has 2 rings (SSSR count). The lowest BCUT2D eigenvalue weighted by Gasteiger charge is -2.04. The number of aliphatic carboxylic acids is 1. The molecule has 1 heterocycles. The first kappa shape index (κ1) is 12.8. The van der Waals surface area contributed by atoms with Gasteiger partial charge in [-0.1, -0.05) is 5.16 Å². The molecule has 0 amide bonds. The molecule has 0 radical (unpaired) electrons. The summed E-state index contributed by atoms with van der Waals surface area (Å²) in [6, 6.07) is 0. The zero-order valence-electron chi connectivity index (χ0n) is 8.98. The van der Waals surface area contributed by atoms with Crippen LogP contribution in [-0.4, -0.2) is 34.0 Å². The summed E-state index contributed by atoms with van der Waals surface area (Å²) in [6.45, 7) is -1.81. The largest absolute Gasteiger partial charge is 0.481 e. The Morgan fingerprint density at radius 1 is 1.56 bits per heavy atom. The Kier molecular flexibility index (Phi) is 3.24. The number of carbonyl (C=O) groups is 1. The van der Waals surface area contributed by atoms with Crippen LogP contribution in [0.4, 0.5) is 13.2 Å². The van der Waals surface area contributed by atoms with E-state index in [1.165, 1.54) is 0 Å². The van der Waals surface area contributed by atoms with Gasteiger partial charge in [-0.05, 0) is 6.42 Å². The van der Waals surface area contributed by atoms with E-state index in [2.05, 4.69) is 14.9 Å². The molecule has 1 aromatic heterocycles. The first-order valence-corrected chi connectivity index (χ1v) is 5.06. The Bertz CT molecular complexity index is 445. The molecule has 18 heavy (non-hydrogen) atoms. The maximum Gasteiger partial charge on any atom is 0.411 e. The molecule has 1 aliphatic carbocycles. The lowest BCUT2D eigenvalue weighted by atomic mass is 10.3. The van der Waals surface area contributed by atoms with Crippen molar-refractivity contribution in [3.8, 4) is 0 Å². The van der Waals surface area contributed by atoms with Crippen molar-refractivity contribution in [3.05, 3.63) is 11.7 Å². The molecular weight excluding hydrogens is 257 g/mol. The SMILES string of the molecule is O=C(O)C1CC1c1nc(COCC(F)(F)F)no1. The molecule has 1 aromatic rings. The van der Waals surface area contributed by atoms with Crippen LogP contribution in [0.5, 0.6) is 0 Å². The average molecular weight is 266 g/mol. The number of rotatable bonds is 5. The summed E-state index contributed by atoms with van der Waals surface area (Å²) in [5.41, 5.74) is 0. The molecule has 0 saturated heterocycles. The van der Waals surface area contributed by atoms with Crippen molar-refractivity contribution in [2.45, 2.75) is 25.1 Å². The topological polar surface area (TPSA) is 85.5 Å². The van der Waals surface area contributed by atoms with E-state index < -0.39 is 31.3 Å². The van der Waals surface area contributed by atoms with E-state index in [1.54, 1.807) is 0 Å². The van der Waals surface area contributed by atoms with Gasteiger partial charge >= 0.3 is 12.1 Å². The quantitative estimate of drug-likeness (QED) is 0.865. The highest BCUT2D eigenvalue weighted by atomic mass is 19.4. The maximum absolute atomic E-state index is 11.8. The minimum Gasteiger partial charge on any atom is -0.481 e. The summed E-state index contributed by atoms with van der Waals surface area (Å²) in [6.07, 6.45) is -4.00. The molecule has 1 aliphatic rings. The van der Waals surface area contributed by atoms with Gasteiger partial charge in [-0.2, -0.15) is 18.2 Å². The Balaban J connectivity index is 1.82. The van der Waals surface area contributed by atoms with Crippen LogP contribution < -0.4 is 0 Å². The van der Waals surface area contributed by atoms with E-state index in [4.69, 9.17) is 9.63 Å². The van der Waals surface area contributed by atoms with Gasteiger partial charge in [-0.3, -0.25) is 4.79 Å². The fourth-order valence-corrected chi connectivity index (χ4v) is 1.48. The zero-order valence-corrected chi connectivity index (χ0v) is 8.98. The van der Waals surface area contributed by atoms with Gasteiger partial charge in [0.2, 0.25) is 5.89 Å². The molecule has 1 N–H and O–H groups in total. The molecular formula is C9H9F3N2O4. The van der Waals surface area contributed by atoms with Crippen LogP contribution in [-0.2, 0) is 16.1 Å². The standard InChI is InChI=1S/C9H9F3N2O4/c10-9(11,12)3-17-2-6-13-7(18-14-6)4-1-5(4)8(15)16/h4-5H,1-3H2,(H,15,16). The molecule has 0 aromatic carbocycles. The normalized spacial score (nSPS) is 23.1. The second-order valence-electron chi connectivity index (χ2n) is 3.94. The highest BCUT2D eigenvalue weighted by Gasteiger charge is 2.48. The molecule has 1 fully saturated rings. The Morgan fingerprint density at radius 3 is 2.83 bits per heavy atom. The number of hydrogen-bond donors (Lipinski definition) is 1. The summed E-state index contributed by atoms with van der Waals surface area (Å²) in [4.78, 5) is 14.4. The predicted molar refractivity (Wildman–Crippen MR) is 48.5 cm³/mol. The van der Waals surface area contributed by atoms with Crippen molar-refractivity contribution in [1.82, 2.24) is 10.1 Å². The zero-order chi connectivity index (χ0) is 13.3. The van der Waals surface area contributed by atoms with Gasteiger partial charge in [0.05, 0.1) is 11.8 Å². The van der Waals surface area contributed by atoms with E-state index >= 15 is 0 Å². The van der Waals surface area contributed by atoms with Gasteiger partial charge in [0, 0.05) is 0 Å². The summed E-state index contributed by atoms with van der Waals surface area (Å²) >= 11 is 0. The first-order valence-electron chi connectivity index (χ1n) is 5.06. The number of aromatic nitrogens is 2. The Labute approximate surface area is 98.7 Å². The van der Waals surface area contributed by atoms with Crippen LogP contribution in [0.2, 0.25) is 0 Å². The van der Waals surface area contributed by atoms with Gasteiger partial charge in [0.15, 0.2) is 5.82 Å². The van der Waals surface area contributed by atoms with Gasteiger partial charge in [-0.25, -0.2) is 0 Å². The van der Waals surface area contributed by atoms with Gasteiger partial charge < -0.3 is 14.4 Å². The molecule has 2 unspecified atom stereocenters. The number of carboxylic acids is 1. The van der Waals surface area contributed by atoms with Crippen molar-refractivity contribution in [1.29, 1.82) is 0 Å². The third-order valence-corrected chi connectivity index (χ3v) is 2.41. The van der Waals surface area contributed by atoms with Crippen LogP contribution >= 0.6 is 0 Å². The fraction of sp³-hybridized carbons (Fsp3) is 0.667. The number of alkyl halides is 3. The second-order valence-corrected chi connectivity index (χ2v) is 3.94. The smallest absolute Gasteiger partial charge is 0.411 e. The highest BCUT2D eigenvalue weighted by Crippen LogP contribution is 2.46. The molecule has 1 saturated carbocycles. The third-order valence-electron chi connectivity index (χ3n) is 2.41. The third kappa shape index (κ3) is 3.19. The van der Waals surface area contributed by atoms with Crippen LogP contribution in [0.1, 0.15) is 24.1 Å². The Hall–Kier alpha value is -1.64. The minimum atomic E-state index is -4.41. The number of nitrogens with zero attached hydrogens (tertiary/aromatic N) is 2. The monoisotopic (exact) mass is 266 g/mol. The number of carboxylic acid groups (broad SMARTS) is 1. The van der Waals surface area contributed by atoms with Crippen molar-refractivity contribution in [3.63, 3.8) is 0 Å². The van der Waals surface area contributed by atoms with E-state index in [0.717, 1.165) is 0 Å². The van der Waals surface area contributed by atoms with Crippen molar-refractivity contribution in [2.75, 3.05) is 6.61 Å². The lowest BCUT2D eigenvalue weighted by molar-refractivity contribution is -0.177. The maximum atomic E-state index is 11.8. The van der Waals surface area contributed by atoms with Crippen LogP contribution in [0.3, 0.4) is 0 Å². The molecule has 0 spiro atoms. The molecule has 0 bridgehead atoms. The van der Waals surface area contributed by atoms with Gasteiger partial charge in [-0.15, -0.1) is 0 Å². The number of hydrogen-bond acceptors (Lipinski definition) is 5. The summed E-state index contributed by atoms with van der Waals surface area (Å²) < 4.78 is 44.5. The summed E-state index contributed by atoms with van der Waals surface area (Å²) in [5.74, 6) is -1.73. The molecule has 2 atom stereocenters. The molecule has 9 heteroatoms. The lowest BCUT2D eigenvalue weighted by Crippen LogP contribution is -2.16. The number of halogens is 3. The van der Waals surface area contributed by atoms with E-state index in [0.29, 0.717) is 6.42 Å². The first-order chi connectivity index (χ1) is 8.37. The van der Waals surface area contributed by atoms with Crippen molar-refractivity contribution >= 4 is 5.97 Å². The number of ether oxygens (including phenoxy) is 1. The molecule has 100 valence electrons. The minimum absolute atomic E-state index is 0.0229. The average Bonchev–Trinajstić information content (AvgIpc) is 2.91. The van der Waals surface area contributed by atoms with Crippen LogP contribution in [0.25, 0.3) is 0 Å². The fourth-order valence-electron chi connectivity index (χ4n) is 1.48. The van der Waals surface area contributed by atoms with E-state index in [1.807, 2.05) is 0 Å². The van der Waals surface area contributed by atoms with Crippen LogP contribution in [0.15, 0.2) is 4.52 Å². The van der Waals surface area contributed by atoms with Crippen molar-refractivity contribution < 1.29 is 32.3 Å². The van der Waals surface area contributed by atoms with Crippen LogP contribution in [0, 0.1) is 5.92 Å². The van der Waals surface area contributed by atoms with E-state index in [-0.39, 0.29) is 17.6 Å². The second kappa shape index (κ2) is 4.56. The summed E-state index contributed by atoms with van der Waals surface area (Å²) in [5, 5.41) is 12.1. The molecule has 6 nitrogen and oxygen atoms in total. The van der Waals surface area contributed by atoms with Gasteiger partial charge in [0.1, 0.15) is 13.2 Å². The van der Waals surface area contributed by atoms with Gasteiger partial charge in [0.25, 0.3) is 0 Å². The van der Waals surface area contributed by atoms with E-state index in [9.17, 15) is 18.0 Å².